The molecule has 0 heterocycles. The minimum absolute atomic E-state index is 0.00540. The van der Waals surface area contributed by atoms with Gasteiger partial charge in [0.25, 0.3) is 9.05 Å². The molecule has 1 rings (SSSR count). The monoisotopic (exact) mass is 220 g/mol. The van der Waals surface area contributed by atoms with Gasteiger partial charge in [-0.05, 0) is 25.5 Å². The van der Waals surface area contributed by atoms with Crippen LogP contribution in [0.1, 0.15) is 11.1 Å². The highest BCUT2D eigenvalue weighted by atomic mass is 35.7. The third kappa shape index (κ3) is 1.95. The van der Waals surface area contributed by atoms with E-state index in [1.807, 2.05) is 0 Å². The standard InChI is InChI=1S/C8H9ClO3S/c1-5-3-4-7(10)6(2)8(5)13(9,11)12/h3-4,10H,1-2H3. The molecule has 0 amide bonds. The lowest BCUT2D eigenvalue weighted by atomic mass is 10.1. The Labute approximate surface area is 81.4 Å². The number of phenolic OH excluding ortho intramolecular Hbond substituents is 1. The van der Waals surface area contributed by atoms with E-state index in [4.69, 9.17) is 10.7 Å². The molecule has 0 spiro atoms. The molecule has 0 aliphatic carbocycles. The van der Waals surface area contributed by atoms with Crippen molar-refractivity contribution in [2.24, 2.45) is 0 Å². The lowest BCUT2D eigenvalue weighted by molar-refractivity contribution is 0.468. The molecule has 1 aromatic carbocycles. The molecule has 0 saturated carbocycles. The average Bonchev–Trinajstić information content (AvgIpc) is 1.95. The van der Waals surface area contributed by atoms with Crippen LogP contribution in [0.3, 0.4) is 0 Å². The van der Waals surface area contributed by atoms with Crippen molar-refractivity contribution in [2.45, 2.75) is 18.7 Å². The lowest BCUT2D eigenvalue weighted by Crippen LogP contribution is -1.98. The summed E-state index contributed by atoms with van der Waals surface area (Å²) in [7, 11) is 1.43. The van der Waals surface area contributed by atoms with E-state index in [1.165, 1.54) is 19.1 Å². The second kappa shape index (κ2) is 3.20. The molecule has 0 aliphatic heterocycles. The quantitative estimate of drug-likeness (QED) is 0.736. The van der Waals surface area contributed by atoms with Crippen molar-refractivity contribution in [1.29, 1.82) is 0 Å². The Hall–Kier alpha value is -0.740. The van der Waals surface area contributed by atoms with Gasteiger partial charge in [0.1, 0.15) is 5.75 Å². The first-order valence-electron chi connectivity index (χ1n) is 3.58. The van der Waals surface area contributed by atoms with E-state index in [0.29, 0.717) is 5.56 Å². The molecular formula is C8H9ClO3S. The van der Waals surface area contributed by atoms with E-state index >= 15 is 0 Å². The van der Waals surface area contributed by atoms with Crippen molar-refractivity contribution >= 4 is 19.7 Å². The number of aromatic hydroxyl groups is 1. The molecule has 72 valence electrons. The first-order chi connectivity index (χ1) is 5.84. The molecule has 13 heavy (non-hydrogen) atoms. The van der Waals surface area contributed by atoms with Crippen LogP contribution in [-0.2, 0) is 9.05 Å². The predicted molar refractivity (Wildman–Crippen MR) is 50.6 cm³/mol. The zero-order valence-electron chi connectivity index (χ0n) is 7.20. The predicted octanol–water partition coefficient (Wildman–Crippen LogP) is 1.94. The maximum Gasteiger partial charge on any atom is 0.261 e. The highest BCUT2D eigenvalue weighted by Crippen LogP contribution is 2.29. The molecule has 1 N–H and O–H groups in total. The Kier molecular flexibility index (Phi) is 2.54. The van der Waals surface area contributed by atoms with Crippen molar-refractivity contribution < 1.29 is 13.5 Å². The Morgan fingerprint density at radius 3 is 2.23 bits per heavy atom. The Balaban J connectivity index is 3.62. The van der Waals surface area contributed by atoms with Crippen LogP contribution in [0, 0.1) is 13.8 Å². The van der Waals surface area contributed by atoms with Crippen LogP contribution in [0.2, 0.25) is 0 Å². The fourth-order valence-corrected chi connectivity index (χ4v) is 2.83. The molecule has 0 aromatic heterocycles. The number of halogens is 1. The van der Waals surface area contributed by atoms with Gasteiger partial charge in [0.05, 0.1) is 4.90 Å². The molecule has 0 aliphatic rings. The third-order valence-corrected chi connectivity index (χ3v) is 3.40. The second-order valence-corrected chi connectivity index (χ2v) is 5.30. The highest BCUT2D eigenvalue weighted by Gasteiger charge is 2.18. The number of benzene rings is 1. The van der Waals surface area contributed by atoms with Crippen LogP contribution in [0.15, 0.2) is 17.0 Å². The van der Waals surface area contributed by atoms with E-state index in [9.17, 15) is 13.5 Å². The number of hydrogen-bond acceptors (Lipinski definition) is 3. The molecule has 5 heteroatoms. The van der Waals surface area contributed by atoms with Gasteiger partial charge in [-0.2, -0.15) is 0 Å². The number of rotatable bonds is 1. The van der Waals surface area contributed by atoms with E-state index in [-0.39, 0.29) is 16.2 Å². The van der Waals surface area contributed by atoms with E-state index in [0.717, 1.165) is 0 Å². The fourth-order valence-electron chi connectivity index (χ4n) is 1.19. The van der Waals surface area contributed by atoms with Gasteiger partial charge < -0.3 is 5.11 Å². The van der Waals surface area contributed by atoms with Crippen LogP contribution in [0.5, 0.6) is 5.75 Å². The summed E-state index contributed by atoms with van der Waals surface area (Å²) in [6.07, 6.45) is 0. The first kappa shape index (κ1) is 10.3. The SMILES string of the molecule is Cc1ccc(O)c(C)c1S(=O)(=O)Cl. The summed E-state index contributed by atoms with van der Waals surface area (Å²) in [5, 5.41) is 9.26. The molecule has 0 fully saturated rings. The Morgan fingerprint density at radius 2 is 1.85 bits per heavy atom. The lowest BCUT2D eigenvalue weighted by Gasteiger charge is -2.07. The Bertz CT molecular complexity index is 437. The van der Waals surface area contributed by atoms with Gasteiger partial charge in [0.2, 0.25) is 0 Å². The van der Waals surface area contributed by atoms with Crippen molar-refractivity contribution in [3.8, 4) is 5.75 Å². The molecule has 0 saturated heterocycles. The average molecular weight is 221 g/mol. The first-order valence-corrected chi connectivity index (χ1v) is 5.89. The van der Waals surface area contributed by atoms with Crippen LogP contribution < -0.4 is 0 Å². The molecule has 0 bridgehead atoms. The molecule has 0 unspecified atom stereocenters. The number of hydrogen-bond donors (Lipinski definition) is 1. The summed E-state index contributed by atoms with van der Waals surface area (Å²) in [5.74, 6) is -0.0650. The molecular weight excluding hydrogens is 212 g/mol. The van der Waals surface area contributed by atoms with Gasteiger partial charge in [-0.1, -0.05) is 6.07 Å². The topological polar surface area (TPSA) is 54.4 Å². The van der Waals surface area contributed by atoms with Gasteiger partial charge >= 0.3 is 0 Å². The van der Waals surface area contributed by atoms with Gasteiger partial charge in [-0.15, -0.1) is 0 Å². The summed E-state index contributed by atoms with van der Waals surface area (Å²) < 4.78 is 22.2. The Morgan fingerprint density at radius 1 is 1.31 bits per heavy atom. The van der Waals surface area contributed by atoms with E-state index in [1.54, 1.807) is 6.92 Å². The molecule has 3 nitrogen and oxygen atoms in total. The maximum atomic E-state index is 11.1. The third-order valence-electron chi connectivity index (χ3n) is 1.82. The van der Waals surface area contributed by atoms with Gasteiger partial charge in [0, 0.05) is 16.2 Å². The summed E-state index contributed by atoms with van der Waals surface area (Å²) in [5.41, 5.74) is 0.820. The highest BCUT2D eigenvalue weighted by molar-refractivity contribution is 8.13. The number of phenols is 1. The minimum Gasteiger partial charge on any atom is -0.508 e. The molecule has 0 atom stereocenters. The molecule has 0 radical (unpaired) electrons. The largest absolute Gasteiger partial charge is 0.508 e. The summed E-state index contributed by atoms with van der Waals surface area (Å²) in [6.45, 7) is 3.14. The smallest absolute Gasteiger partial charge is 0.261 e. The van der Waals surface area contributed by atoms with Crippen molar-refractivity contribution in [3.05, 3.63) is 23.3 Å². The zero-order valence-corrected chi connectivity index (χ0v) is 8.78. The van der Waals surface area contributed by atoms with Crippen molar-refractivity contribution in [2.75, 3.05) is 0 Å². The second-order valence-electron chi connectivity index (χ2n) is 2.79. The van der Waals surface area contributed by atoms with Gasteiger partial charge in [0.15, 0.2) is 0 Å². The van der Waals surface area contributed by atoms with Crippen LogP contribution >= 0.6 is 10.7 Å². The fraction of sp³-hybridized carbons (Fsp3) is 0.250. The molecule has 1 aromatic rings. The van der Waals surface area contributed by atoms with Crippen LogP contribution in [0.4, 0.5) is 0 Å². The van der Waals surface area contributed by atoms with E-state index < -0.39 is 9.05 Å². The normalized spacial score (nSPS) is 11.6. The maximum absolute atomic E-state index is 11.1. The summed E-state index contributed by atoms with van der Waals surface area (Å²) >= 11 is 0. The van der Waals surface area contributed by atoms with E-state index in [2.05, 4.69) is 0 Å². The van der Waals surface area contributed by atoms with Crippen molar-refractivity contribution in [1.82, 2.24) is 0 Å². The minimum atomic E-state index is -3.77. The van der Waals surface area contributed by atoms with Gasteiger partial charge in [-0.25, -0.2) is 8.42 Å². The van der Waals surface area contributed by atoms with Crippen LogP contribution in [0.25, 0.3) is 0 Å². The summed E-state index contributed by atoms with van der Waals surface area (Å²) in [6, 6.07) is 2.95. The van der Waals surface area contributed by atoms with Crippen molar-refractivity contribution in [3.63, 3.8) is 0 Å². The van der Waals surface area contributed by atoms with Crippen LogP contribution in [-0.4, -0.2) is 13.5 Å². The number of aryl methyl sites for hydroxylation is 1. The summed E-state index contributed by atoms with van der Waals surface area (Å²) in [4.78, 5) is -0.00540. The zero-order chi connectivity index (χ0) is 10.2. The van der Waals surface area contributed by atoms with Gasteiger partial charge in [-0.3, -0.25) is 0 Å².